The molecule has 0 bridgehead atoms. The van der Waals surface area contributed by atoms with Crippen LogP contribution in [0.3, 0.4) is 0 Å². The molecule has 0 fully saturated rings. The molecule has 2 heterocycles. The number of carbonyl (C=O) groups is 1. The van der Waals surface area contributed by atoms with Gasteiger partial charge in [0.05, 0.1) is 0 Å². The Morgan fingerprint density at radius 1 is 1.45 bits per heavy atom. The summed E-state index contributed by atoms with van der Waals surface area (Å²) in [6, 6.07) is 3.89. The maximum Gasteiger partial charge on any atom is 0.266 e. The Labute approximate surface area is 132 Å². The van der Waals surface area contributed by atoms with E-state index in [1.807, 2.05) is 22.9 Å². The monoisotopic (exact) mass is 315 g/mol. The second-order valence-electron chi connectivity index (χ2n) is 5.08. The first kappa shape index (κ1) is 16.0. The molecule has 114 valence electrons. The van der Waals surface area contributed by atoms with E-state index in [2.05, 4.69) is 10.3 Å². The molecule has 0 spiro atoms. The average Bonchev–Trinajstić information content (AvgIpc) is 2.98. The first-order valence-electron chi connectivity index (χ1n) is 6.93. The fraction of sp³-hybridized carbons (Fsp3) is 0.312. The molecule has 0 saturated carbocycles. The first-order valence-corrected chi connectivity index (χ1v) is 7.87. The Hall–Kier alpha value is -2.39. The predicted molar refractivity (Wildman–Crippen MR) is 85.7 cm³/mol. The Kier molecular flexibility index (Phi) is 5.12. The van der Waals surface area contributed by atoms with Crippen LogP contribution >= 0.6 is 11.3 Å². The van der Waals surface area contributed by atoms with Gasteiger partial charge in [0.25, 0.3) is 5.56 Å². The van der Waals surface area contributed by atoms with Crippen molar-refractivity contribution in [3.8, 4) is 6.07 Å². The molecule has 1 amide bonds. The maximum absolute atomic E-state index is 11.9. The highest BCUT2D eigenvalue weighted by molar-refractivity contribution is 7.07. The van der Waals surface area contributed by atoms with E-state index >= 15 is 0 Å². The number of rotatable bonds is 5. The minimum atomic E-state index is -0.372. The Balaban J connectivity index is 2.01. The zero-order chi connectivity index (χ0) is 16.1. The lowest BCUT2D eigenvalue weighted by Crippen LogP contribution is -2.23. The molecule has 0 aromatic carbocycles. The van der Waals surface area contributed by atoms with Crippen LogP contribution in [0.25, 0.3) is 0 Å². The quantitative estimate of drug-likeness (QED) is 0.886. The van der Waals surface area contributed by atoms with Crippen molar-refractivity contribution in [1.82, 2.24) is 10.3 Å². The van der Waals surface area contributed by atoms with Crippen LogP contribution in [0.5, 0.6) is 0 Å². The molecule has 2 aromatic rings. The van der Waals surface area contributed by atoms with Crippen molar-refractivity contribution in [2.45, 2.75) is 33.2 Å². The molecular formula is C16H17N3O2S. The normalized spacial score (nSPS) is 10.2. The molecule has 0 saturated heterocycles. The maximum atomic E-state index is 11.9. The lowest BCUT2D eigenvalue weighted by atomic mass is 9.99. The number of aromatic amines is 1. The molecular weight excluding hydrogens is 298 g/mol. The summed E-state index contributed by atoms with van der Waals surface area (Å²) in [6.45, 7) is 4.06. The van der Waals surface area contributed by atoms with Gasteiger partial charge in [0.15, 0.2) is 0 Å². The number of amides is 1. The zero-order valence-corrected chi connectivity index (χ0v) is 13.3. The molecule has 5 nitrogen and oxygen atoms in total. The fourth-order valence-corrected chi connectivity index (χ4v) is 3.01. The number of aryl methyl sites for hydroxylation is 1. The van der Waals surface area contributed by atoms with Crippen LogP contribution in [-0.4, -0.2) is 10.9 Å². The molecule has 0 aliphatic carbocycles. The summed E-state index contributed by atoms with van der Waals surface area (Å²) in [5.74, 6) is -0.0466. The summed E-state index contributed by atoms with van der Waals surface area (Å²) in [7, 11) is 0. The number of nitriles is 1. The number of nitrogens with zero attached hydrogens (tertiary/aromatic N) is 1. The van der Waals surface area contributed by atoms with Crippen molar-refractivity contribution in [2.75, 3.05) is 0 Å². The highest BCUT2D eigenvalue weighted by Crippen LogP contribution is 2.15. The predicted octanol–water partition coefficient (Wildman–Crippen LogP) is 2.17. The smallest absolute Gasteiger partial charge is 0.266 e. The summed E-state index contributed by atoms with van der Waals surface area (Å²) in [4.78, 5) is 26.2. The van der Waals surface area contributed by atoms with E-state index in [0.717, 1.165) is 11.1 Å². The highest BCUT2D eigenvalue weighted by Gasteiger charge is 2.13. The molecule has 22 heavy (non-hydrogen) atoms. The van der Waals surface area contributed by atoms with E-state index in [4.69, 9.17) is 5.26 Å². The van der Waals surface area contributed by atoms with Crippen LogP contribution in [0, 0.1) is 25.2 Å². The Morgan fingerprint density at radius 2 is 2.23 bits per heavy atom. The highest BCUT2D eigenvalue weighted by atomic mass is 32.1. The Morgan fingerprint density at radius 3 is 2.86 bits per heavy atom. The van der Waals surface area contributed by atoms with E-state index in [0.29, 0.717) is 30.6 Å². The standard InChI is InChI=1S/C16H17N3O2S/c1-10-13(11(2)19-16(21)14(10)7-17)3-4-15(20)18-8-12-5-6-22-9-12/h5-6,9H,3-4,8H2,1-2H3,(H,18,20)(H,19,21). The lowest BCUT2D eigenvalue weighted by molar-refractivity contribution is -0.121. The van der Waals surface area contributed by atoms with Crippen LogP contribution in [0.1, 0.15) is 34.4 Å². The number of nitrogens with one attached hydrogen (secondary N) is 2. The lowest BCUT2D eigenvalue weighted by Gasteiger charge is -2.10. The van der Waals surface area contributed by atoms with Crippen molar-refractivity contribution in [3.05, 3.63) is 55.1 Å². The van der Waals surface area contributed by atoms with Crippen LogP contribution in [0.15, 0.2) is 21.6 Å². The SMILES string of the molecule is Cc1[nH]c(=O)c(C#N)c(C)c1CCC(=O)NCc1ccsc1. The summed E-state index contributed by atoms with van der Waals surface area (Å²) in [5, 5.41) is 15.9. The molecule has 2 aromatic heterocycles. The van der Waals surface area contributed by atoms with Crippen LogP contribution in [0.2, 0.25) is 0 Å². The number of H-pyrrole nitrogens is 1. The summed E-state index contributed by atoms with van der Waals surface area (Å²) in [5.41, 5.74) is 3.08. The van der Waals surface area contributed by atoms with Crippen molar-refractivity contribution >= 4 is 17.2 Å². The van der Waals surface area contributed by atoms with Gasteiger partial charge in [-0.05, 0) is 53.8 Å². The van der Waals surface area contributed by atoms with Gasteiger partial charge < -0.3 is 10.3 Å². The third-order valence-corrected chi connectivity index (χ3v) is 4.32. The molecule has 0 aliphatic heterocycles. The average molecular weight is 315 g/mol. The summed E-state index contributed by atoms with van der Waals surface area (Å²) in [6.07, 6.45) is 0.821. The van der Waals surface area contributed by atoms with Gasteiger partial charge in [0.2, 0.25) is 5.91 Å². The third kappa shape index (κ3) is 3.62. The summed E-state index contributed by atoms with van der Waals surface area (Å²) >= 11 is 1.60. The van der Waals surface area contributed by atoms with Gasteiger partial charge in [-0.3, -0.25) is 9.59 Å². The molecule has 0 unspecified atom stereocenters. The van der Waals surface area contributed by atoms with Gasteiger partial charge in [-0.15, -0.1) is 0 Å². The van der Waals surface area contributed by atoms with Crippen molar-refractivity contribution in [1.29, 1.82) is 5.26 Å². The molecule has 2 N–H and O–H groups in total. The van der Waals surface area contributed by atoms with E-state index in [1.54, 1.807) is 25.2 Å². The van der Waals surface area contributed by atoms with Gasteiger partial charge in [0, 0.05) is 18.7 Å². The number of hydrogen-bond donors (Lipinski definition) is 2. The molecule has 0 aliphatic rings. The first-order chi connectivity index (χ1) is 10.5. The van der Waals surface area contributed by atoms with Crippen LogP contribution in [0.4, 0.5) is 0 Å². The van der Waals surface area contributed by atoms with Crippen LogP contribution in [-0.2, 0) is 17.8 Å². The second-order valence-corrected chi connectivity index (χ2v) is 5.86. The number of carbonyl (C=O) groups excluding carboxylic acids is 1. The van der Waals surface area contributed by atoms with E-state index < -0.39 is 0 Å². The largest absolute Gasteiger partial charge is 0.352 e. The Bertz CT molecular complexity index is 770. The fourth-order valence-electron chi connectivity index (χ4n) is 2.34. The van der Waals surface area contributed by atoms with Crippen molar-refractivity contribution in [2.24, 2.45) is 0 Å². The molecule has 2 rings (SSSR count). The zero-order valence-electron chi connectivity index (χ0n) is 12.5. The topological polar surface area (TPSA) is 85.8 Å². The van der Waals surface area contributed by atoms with Gasteiger partial charge in [0.1, 0.15) is 11.6 Å². The third-order valence-electron chi connectivity index (χ3n) is 3.59. The van der Waals surface area contributed by atoms with E-state index in [1.165, 1.54) is 0 Å². The van der Waals surface area contributed by atoms with Crippen molar-refractivity contribution < 1.29 is 4.79 Å². The minimum absolute atomic E-state index is 0.0466. The number of hydrogen-bond acceptors (Lipinski definition) is 4. The van der Waals surface area contributed by atoms with Gasteiger partial charge >= 0.3 is 0 Å². The van der Waals surface area contributed by atoms with Gasteiger partial charge in [-0.2, -0.15) is 16.6 Å². The molecule has 0 radical (unpaired) electrons. The summed E-state index contributed by atoms with van der Waals surface area (Å²) < 4.78 is 0. The van der Waals surface area contributed by atoms with Crippen molar-refractivity contribution in [3.63, 3.8) is 0 Å². The van der Waals surface area contributed by atoms with Crippen LogP contribution < -0.4 is 10.9 Å². The van der Waals surface area contributed by atoms with Gasteiger partial charge in [-0.25, -0.2) is 0 Å². The number of pyridine rings is 1. The van der Waals surface area contributed by atoms with E-state index in [-0.39, 0.29) is 17.0 Å². The second kappa shape index (κ2) is 7.05. The van der Waals surface area contributed by atoms with E-state index in [9.17, 15) is 9.59 Å². The van der Waals surface area contributed by atoms with Gasteiger partial charge in [-0.1, -0.05) is 0 Å². The molecule has 6 heteroatoms. The number of aromatic nitrogens is 1. The number of thiophene rings is 1. The minimum Gasteiger partial charge on any atom is -0.352 e. The molecule has 0 atom stereocenters.